The van der Waals surface area contributed by atoms with Gasteiger partial charge in [-0.05, 0) is 18.8 Å². The van der Waals surface area contributed by atoms with Crippen LogP contribution in [0.15, 0.2) is 0 Å². The van der Waals surface area contributed by atoms with Crippen molar-refractivity contribution in [2.75, 3.05) is 0 Å². The molecular weight excluding hydrogens is 224 g/mol. The van der Waals surface area contributed by atoms with E-state index >= 15 is 0 Å². The highest BCUT2D eigenvalue weighted by Crippen LogP contribution is 2.13. The zero-order valence-electron chi connectivity index (χ0n) is 12.4. The smallest absolute Gasteiger partial charge is 0.0414 e. The topological polar surface area (TPSA) is 40.1 Å². The number of hydrogen-bond acceptors (Lipinski definition) is 2. The fourth-order valence-electron chi connectivity index (χ4n) is 2.24. The third-order valence-electron chi connectivity index (χ3n) is 3.41. The predicted octanol–water partition coefficient (Wildman–Crippen LogP) is 4.07. The van der Waals surface area contributed by atoms with Crippen LogP contribution < -0.4 is 5.11 Å². The number of carboxylic acids is 1. The van der Waals surface area contributed by atoms with Crippen molar-refractivity contribution in [3.63, 3.8) is 0 Å². The second-order valence-electron chi connectivity index (χ2n) is 5.84. The summed E-state index contributed by atoms with van der Waals surface area (Å²) >= 11 is 0. The number of carboxylic acid groups (broad SMARTS) is 1. The van der Waals surface area contributed by atoms with Gasteiger partial charge in [0.2, 0.25) is 0 Å². The molecule has 0 aliphatic rings. The van der Waals surface area contributed by atoms with Gasteiger partial charge in [-0.3, -0.25) is 0 Å². The summed E-state index contributed by atoms with van der Waals surface area (Å²) in [7, 11) is 0. The molecule has 0 atom stereocenters. The Balaban J connectivity index is 2.97. The summed E-state index contributed by atoms with van der Waals surface area (Å²) in [5.74, 6) is -0.0533. The fourth-order valence-corrected chi connectivity index (χ4v) is 2.24. The number of carbonyl (C=O) groups is 1. The molecule has 0 bridgehead atoms. The molecule has 0 fully saturated rings. The Labute approximate surface area is 113 Å². The van der Waals surface area contributed by atoms with Crippen LogP contribution in [0, 0.1) is 5.92 Å². The zero-order chi connectivity index (χ0) is 13.6. The lowest BCUT2D eigenvalue weighted by atomic mass is 10.0. The summed E-state index contributed by atoms with van der Waals surface area (Å²) in [5.41, 5.74) is 0. The van der Waals surface area contributed by atoms with E-state index in [4.69, 9.17) is 0 Å². The van der Waals surface area contributed by atoms with Gasteiger partial charge in [-0.2, -0.15) is 0 Å². The SMILES string of the molecule is CC(C)CCCCCCCCCCCCC(=O)[O-]. The van der Waals surface area contributed by atoms with Gasteiger partial charge in [0.05, 0.1) is 0 Å². The maximum absolute atomic E-state index is 10.2. The monoisotopic (exact) mass is 255 g/mol. The molecule has 0 rings (SSSR count). The van der Waals surface area contributed by atoms with Crippen molar-refractivity contribution in [3.8, 4) is 0 Å². The first-order valence-corrected chi connectivity index (χ1v) is 7.82. The maximum Gasteiger partial charge on any atom is 0.0414 e. The summed E-state index contributed by atoms with van der Waals surface area (Å²) in [5, 5.41) is 10.2. The van der Waals surface area contributed by atoms with Gasteiger partial charge in [-0.25, -0.2) is 0 Å². The predicted molar refractivity (Wildman–Crippen MR) is 75.2 cm³/mol. The highest BCUT2D eigenvalue weighted by atomic mass is 16.4. The van der Waals surface area contributed by atoms with E-state index in [9.17, 15) is 9.90 Å². The molecule has 2 heteroatoms. The molecule has 0 saturated heterocycles. The average Bonchev–Trinajstić information content (AvgIpc) is 2.29. The molecule has 0 N–H and O–H groups in total. The molecule has 2 nitrogen and oxygen atoms in total. The Morgan fingerprint density at radius 3 is 1.56 bits per heavy atom. The minimum atomic E-state index is -0.906. The minimum Gasteiger partial charge on any atom is -0.550 e. The number of rotatable bonds is 13. The van der Waals surface area contributed by atoms with Crippen LogP contribution in [0.4, 0.5) is 0 Å². The Morgan fingerprint density at radius 2 is 1.17 bits per heavy atom. The van der Waals surface area contributed by atoms with E-state index in [2.05, 4.69) is 13.8 Å². The van der Waals surface area contributed by atoms with Crippen LogP contribution in [0.3, 0.4) is 0 Å². The molecule has 108 valence electrons. The van der Waals surface area contributed by atoms with Gasteiger partial charge in [0.25, 0.3) is 0 Å². The van der Waals surface area contributed by atoms with Crippen LogP contribution in [0.5, 0.6) is 0 Å². The van der Waals surface area contributed by atoms with Crippen LogP contribution in [0.25, 0.3) is 0 Å². The third-order valence-corrected chi connectivity index (χ3v) is 3.41. The summed E-state index contributed by atoms with van der Waals surface area (Å²) < 4.78 is 0. The Hall–Kier alpha value is -0.530. The Morgan fingerprint density at radius 1 is 0.778 bits per heavy atom. The Bertz CT molecular complexity index is 188. The van der Waals surface area contributed by atoms with Gasteiger partial charge in [0, 0.05) is 5.97 Å². The van der Waals surface area contributed by atoms with Crippen molar-refractivity contribution in [3.05, 3.63) is 0 Å². The van der Waals surface area contributed by atoms with E-state index in [1.807, 2.05) is 0 Å². The van der Waals surface area contributed by atoms with Crippen molar-refractivity contribution in [1.29, 1.82) is 0 Å². The van der Waals surface area contributed by atoms with Crippen LogP contribution in [0.1, 0.15) is 90.9 Å². The van der Waals surface area contributed by atoms with Crippen LogP contribution >= 0.6 is 0 Å². The number of aliphatic carboxylic acids is 1. The van der Waals surface area contributed by atoms with E-state index < -0.39 is 5.97 Å². The average molecular weight is 255 g/mol. The molecular formula is C16H31O2-. The number of carbonyl (C=O) groups excluding carboxylic acids is 1. The summed E-state index contributed by atoms with van der Waals surface area (Å²) in [6.45, 7) is 4.58. The lowest BCUT2D eigenvalue weighted by Gasteiger charge is -2.05. The van der Waals surface area contributed by atoms with E-state index in [0.717, 1.165) is 18.8 Å². The largest absolute Gasteiger partial charge is 0.550 e. The lowest BCUT2D eigenvalue weighted by molar-refractivity contribution is -0.305. The summed E-state index contributed by atoms with van der Waals surface area (Å²) in [4.78, 5) is 10.2. The highest BCUT2D eigenvalue weighted by molar-refractivity contribution is 5.63. The van der Waals surface area contributed by atoms with Crippen molar-refractivity contribution in [1.82, 2.24) is 0 Å². The van der Waals surface area contributed by atoms with Crippen molar-refractivity contribution >= 4 is 5.97 Å². The van der Waals surface area contributed by atoms with Crippen LogP contribution in [-0.2, 0) is 4.79 Å². The summed E-state index contributed by atoms with van der Waals surface area (Å²) in [6, 6.07) is 0. The molecule has 0 aliphatic carbocycles. The molecule has 0 radical (unpaired) electrons. The normalized spacial score (nSPS) is 11.1. The Kier molecular flexibility index (Phi) is 12.5. The standard InChI is InChI=1S/C16H32O2/c1-15(2)13-11-9-7-5-3-4-6-8-10-12-14-16(17)18/h15H,3-14H2,1-2H3,(H,17,18)/p-1. The molecule has 0 amide bonds. The molecule has 0 aromatic carbocycles. The van der Waals surface area contributed by atoms with E-state index in [-0.39, 0.29) is 6.42 Å². The van der Waals surface area contributed by atoms with Crippen molar-refractivity contribution < 1.29 is 9.90 Å². The maximum atomic E-state index is 10.2. The quantitative estimate of drug-likeness (QED) is 0.465. The molecule has 0 aromatic rings. The minimum absolute atomic E-state index is 0.232. The van der Waals surface area contributed by atoms with Gasteiger partial charge >= 0.3 is 0 Å². The molecule has 0 heterocycles. The van der Waals surface area contributed by atoms with Gasteiger partial charge in [0.15, 0.2) is 0 Å². The second-order valence-corrected chi connectivity index (χ2v) is 5.84. The number of unbranched alkanes of at least 4 members (excludes halogenated alkanes) is 9. The third kappa shape index (κ3) is 15.5. The molecule has 0 aromatic heterocycles. The lowest BCUT2D eigenvalue weighted by Crippen LogP contribution is -2.21. The first kappa shape index (κ1) is 17.5. The summed E-state index contributed by atoms with van der Waals surface area (Å²) in [6.07, 6.45) is 14.1. The van der Waals surface area contributed by atoms with Gasteiger partial charge in [-0.15, -0.1) is 0 Å². The first-order chi connectivity index (χ1) is 8.63. The molecule has 0 aliphatic heterocycles. The van der Waals surface area contributed by atoms with Crippen LogP contribution in [0.2, 0.25) is 0 Å². The molecule has 0 saturated carbocycles. The fraction of sp³-hybridized carbons (Fsp3) is 0.938. The van der Waals surface area contributed by atoms with Crippen molar-refractivity contribution in [2.24, 2.45) is 5.92 Å². The number of hydrogen-bond donors (Lipinski definition) is 0. The van der Waals surface area contributed by atoms with E-state index in [0.29, 0.717) is 0 Å². The molecule has 0 spiro atoms. The van der Waals surface area contributed by atoms with Gasteiger partial charge in [0.1, 0.15) is 0 Å². The van der Waals surface area contributed by atoms with Gasteiger partial charge in [-0.1, -0.05) is 78.1 Å². The molecule has 0 unspecified atom stereocenters. The van der Waals surface area contributed by atoms with Crippen LogP contribution in [-0.4, -0.2) is 5.97 Å². The van der Waals surface area contributed by atoms with Gasteiger partial charge < -0.3 is 9.90 Å². The first-order valence-electron chi connectivity index (χ1n) is 7.82. The zero-order valence-corrected chi connectivity index (χ0v) is 12.4. The van der Waals surface area contributed by atoms with E-state index in [1.165, 1.54) is 57.8 Å². The van der Waals surface area contributed by atoms with Crippen molar-refractivity contribution in [2.45, 2.75) is 90.9 Å². The second kappa shape index (κ2) is 12.9. The highest BCUT2D eigenvalue weighted by Gasteiger charge is 1.95. The van der Waals surface area contributed by atoms with E-state index in [1.54, 1.807) is 0 Å². The molecule has 18 heavy (non-hydrogen) atoms.